The highest BCUT2D eigenvalue weighted by Crippen LogP contribution is 2.19. The fourth-order valence-electron chi connectivity index (χ4n) is 3.67. The summed E-state index contributed by atoms with van der Waals surface area (Å²) < 4.78 is 0. The molecule has 9 heteroatoms. The molecule has 0 radical (unpaired) electrons. The quantitative estimate of drug-likeness (QED) is 0.718. The van der Waals surface area contributed by atoms with Crippen molar-refractivity contribution in [3.8, 4) is 0 Å². The molecule has 4 rings (SSSR count). The van der Waals surface area contributed by atoms with Crippen molar-refractivity contribution < 1.29 is 9.59 Å². The average molecular weight is 427 g/mol. The Balaban J connectivity index is 1.25. The lowest BCUT2D eigenvalue weighted by molar-refractivity contribution is -0.132. The predicted molar refractivity (Wildman–Crippen MR) is 117 cm³/mol. The molecule has 3 heterocycles. The number of anilines is 1. The number of thioether (sulfide) groups is 1. The molecule has 2 aromatic rings. The van der Waals surface area contributed by atoms with Crippen LogP contribution in [0.1, 0.15) is 18.4 Å². The summed E-state index contributed by atoms with van der Waals surface area (Å²) >= 11 is 1.63. The SMILES string of the molecule is O=C1CC(CC(=O)N2CCN(c3ncccn3)CC2)NC(SCc2ccccc2)N1. The van der Waals surface area contributed by atoms with Crippen LogP contribution in [0.15, 0.2) is 48.8 Å². The Morgan fingerprint density at radius 1 is 1.07 bits per heavy atom. The lowest BCUT2D eigenvalue weighted by Crippen LogP contribution is -2.56. The molecule has 0 saturated carbocycles. The highest BCUT2D eigenvalue weighted by molar-refractivity contribution is 7.99. The molecular weight excluding hydrogens is 400 g/mol. The van der Waals surface area contributed by atoms with E-state index < -0.39 is 0 Å². The third kappa shape index (κ3) is 5.48. The van der Waals surface area contributed by atoms with E-state index in [-0.39, 0.29) is 23.4 Å². The highest BCUT2D eigenvalue weighted by Gasteiger charge is 2.30. The van der Waals surface area contributed by atoms with Crippen LogP contribution in [0.2, 0.25) is 0 Å². The molecule has 2 saturated heterocycles. The maximum absolute atomic E-state index is 12.8. The summed E-state index contributed by atoms with van der Waals surface area (Å²) in [4.78, 5) is 37.5. The molecule has 2 unspecified atom stereocenters. The van der Waals surface area contributed by atoms with Gasteiger partial charge in [-0.1, -0.05) is 30.3 Å². The van der Waals surface area contributed by atoms with Crippen molar-refractivity contribution in [2.75, 3.05) is 31.1 Å². The van der Waals surface area contributed by atoms with Crippen LogP contribution in [-0.4, -0.2) is 64.4 Å². The van der Waals surface area contributed by atoms with Crippen LogP contribution in [0.4, 0.5) is 5.95 Å². The first-order valence-electron chi connectivity index (χ1n) is 10.2. The molecule has 30 heavy (non-hydrogen) atoms. The Labute approximate surface area is 180 Å². The van der Waals surface area contributed by atoms with E-state index in [9.17, 15) is 9.59 Å². The number of hydrogen-bond donors (Lipinski definition) is 2. The van der Waals surface area contributed by atoms with Crippen LogP contribution < -0.4 is 15.5 Å². The van der Waals surface area contributed by atoms with Gasteiger partial charge in [0.25, 0.3) is 0 Å². The number of hydrogen-bond acceptors (Lipinski definition) is 7. The van der Waals surface area contributed by atoms with E-state index in [1.165, 1.54) is 5.56 Å². The number of rotatable bonds is 6. The molecule has 158 valence electrons. The van der Waals surface area contributed by atoms with Gasteiger partial charge in [0, 0.05) is 63.2 Å². The van der Waals surface area contributed by atoms with Crippen molar-refractivity contribution in [3.63, 3.8) is 0 Å². The molecule has 2 N–H and O–H groups in total. The second-order valence-corrected chi connectivity index (χ2v) is 8.53. The smallest absolute Gasteiger partial charge is 0.225 e. The topological polar surface area (TPSA) is 90.5 Å². The number of benzene rings is 1. The minimum absolute atomic E-state index is 0.0110. The first-order valence-corrected chi connectivity index (χ1v) is 11.2. The van der Waals surface area contributed by atoms with Crippen LogP contribution in [0.5, 0.6) is 0 Å². The van der Waals surface area contributed by atoms with Crippen LogP contribution >= 0.6 is 11.8 Å². The van der Waals surface area contributed by atoms with Gasteiger partial charge in [0.1, 0.15) is 5.50 Å². The Kier molecular flexibility index (Phi) is 6.81. The van der Waals surface area contributed by atoms with Gasteiger partial charge in [-0.05, 0) is 11.6 Å². The van der Waals surface area contributed by atoms with Gasteiger partial charge in [0.05, 0.1) is 0 Å². The number of amides is 2. The molecule has 2 atom stereocenters. The number of nitrogens with one attached hydrogen (secondary N) is 2. The summed E-state index contributed by atoms with van der Waals surface area (Å²) in [5.41, 5.74) is 1.02. The lowest BCUT2D eigenvalue weighted by Gasteiger charge is -2.36. The molecule has 0 bridgehead atoms. The number of carbonyl (C=O) groups excluding carboxylic acids is 2. The predicted octanol–water partition coefficient (Wildman–Crippen LogP) is 1.21. The van der Waals surface area contributed by atoms with Crippen molar-refractivity contribution in [2.45, 2.75) is 30.1 Å². The lowest BCUT2D eigenvalue weighted by atomic mass is 10.1. The molecule has 0 spiro atoms. The summed E-state index contributed by atoms with van der Waals surface area (Å²) in [7, 11) is 0. The zero-order chi connectivity index (χ0) is 20.8. The Bertz CT molecular complexity index is 845. The molecule has 2 fully saturated rings. The highest BCUT2D eigenvalue weighted by atomic mass is 32.2. The summed E-state index contributed by atoms with van der Waals surface area (Å²) in [6.07, 6.45) is 4.11. The summed E-state index contributed by atoms with van der Waals surface area (Å²) in [6, 6.07) is 11.8. The van der Waals surface area contributed by atoms with Gasteiger partial charge in [0.2, 0.25) is 17.8 Å². The van der Waals surface area contributed by atoms with E-state index in [0.29, 0.717) is 45.0 Å². The van der Waals surface area contributed by atoms with Gasteiger partial charge in [-0.2, -0.15) is 0 Å². The molecule has 1 aromatic carbocycles. The summed E-state index contributed by atoms with van der Waals surface area (Å²) in [5, 5.41) is 6.37. The van der Waals surface area contributed by atoms with Gasteiger partial charge in [-0.3, -0.25) is 14.9 Å². The second kappa shape index (κ2) is 9.90. The van der Waals surface area contributed by atoms with Crippen LogP contribution in [0, 0.1) is 0 Å². The molecule has 0 aliphatic carbocycles. The first kappa shape index (κ1) is 20.6. The standard InChI is InChI=1S/C21H26N6O2S/c28-18-13-17(24-21(25-18)30-15-16-5-2-1-3-6-16)14-19(29)26-9-11-27(12-10-26)20-22-7-4-8-23-20/h1-8,17,21,24H,9-15H2,(H,25,28). The van der Waals surface area contributed by atoms with Crippen molar-refractivity contribution in [1.82, 2.24) is 25.5 Å². The minimum atomic E-state index is -0.184. The molecular formula is C21H26N6O2S. The van der Waals surface area contributed by atoms with E-state index in [1.54, 1.807) is 30.2 Å². The van der Waals surface area contributed by atoms with Gasteiger partial charge in [-0.25, -0.2) is 9.97 Å². The number of carbonyl (C=O) groups is 2. The molecule has 2 amide bonds. The molecule has 1 aromatic heterocycles. The zero-order valence-electron chi connectivity index (χ0n) is 16.7. The van der Waals surface area contributed by atoms with E-state index in [0.717, 1.165) is 5.75 Å². The second-order valence-electron chi connectivity index (χ2n) is 7.43. The average Bonchev–Trinajstić information content (AvgIpc) is 2.79. The van der Waals surface area contributed by atoms with Crippen molar-refractivity contribution in [2.24, 2.45) is 0 Å². The molecule has 2 aliphatic rings. The summed E-state index contributed by atoms with van der Waals surface area (Å²) in [5.74, 6) is 1.57. The number of piperazine rings is 1. The number of aromatic nitrogens is 2. The summed E-state index contributed by atoms with van der Waals surface area (Å²) in [6.45, 7) is 2.71. The third-order valence-electron chi connectivity index (χ3n) is 5.26. The fraction of sp³-hybridized carbons (Fsp3) is 0.429. The monoisotopic (exact) mass is 426 g/mol. The normalized spacial score (nSPS) is 21.9. The van der Waals surface area contributed by atoms with E-state index in [1.807, 2.05) is 23.1 Å². The van der Waals surface area contributed by atoms with E-state index in [2.05, 4.69) is 37.6 Å². The van der Waals surface area contributed by atoms with Crippen LogP contribution in [0.25, 0.3) is 0 Å². The van der Waals surface area contributed by atoms with E-state index in [4.69, 9.17) is 0 Å². The first-order chi connectivity index (χ1) is 14.7. The maximum Gasteiger partial charge on any atom is 0.225 e. The van der Waals surface area contributed by atoms with Crippen LogP contribution in [-0.2, 0) is 15.3 Å². The maximum atomic E-state index is 12.8. The Morgan fingerprint density at radius 2 is 1.80 bits per heavy atom. The van der Waals surface area contributed by atoms with E-state index >= 15 is 0 Å². The largest absolute Gasteiger partial charge is 0.339 e. The van der Waals surface area contributed by atoms with Gasteiger partial charge >= 0.3 is 0 Å². The van der Waals surface area contributed by atoms with Gasteiger partial charge < -0.3 is 15.1 Å². The Hall–Kier alpha value is -2.65. The van der Waals surface area contributed by atoms with Gasteiger partial charge in [0.15, 0.2) is 0 Å². The minimum Gasteiger partial charge on any atom is -0.339 e. The van der Waals surface area contributed by atoms with Crippen LogP contribution in [0.3, 0.4) is 0 Å². The van der Waals surface area contributed by atoms with Crippen molar-refractivity contribution >= 4 is 29.5 Å². The van der Waals surface area contributed by atoms with Gasteiger partial charge in [-0.15, -0.1) is 11.8 Å². The Morgan fingerprint density at radius 3 is 2.53 bits per heavy atom. The number of nitrogens with zero attached hydrogens (tertiary/aromatic N) is 4. The van der Waals surface area contributed by atoms with Crippen molar-refractivity contribution in [3.05, 3.63) is 54.4 Å². The fourth-order valence-corrected chi connectivity index (χ4v) is 4.72. The zero-order valence-corrected chi connectivity index (χ0v) is 17.6. The molecule has 8 nitrogen and oxygen atoms in total. The molecule has 2 aliphatic heterocycles. The third-order valence-corrected chi connectivity index (χ3v) is 6.35. The van der Waals surface area contributed by atoms with Crippen molar-refractivity contribution in [1.29, 1.82) is 0 Å².